The van der Waals surface area contributed by atoms with Crippen LogP contribution in [0.2, 0.25) is 0 Å². The number of carbonyl (C=O) groups is 1. The van der Waals surface area contributed by atoms with E-state index in [0.29, 0.717) is 38.8 Å². The van der Waals surface area contributed by atoms with Gasteiger partial charge in [-0.1, -0.05) is 12.1 Å². The molecule has 0 radical (unpaired) electrons. The standard InChI is InChI=1S/C26H36N2O4/c1-20(2)32-24-11-7-22(8-12-24)27(3)16-13-26(30)14-17-28(18-15-26)25(29)19-21-5-9-23(31-4)10-6-21/h5-12,20,30H,13-19H2,1-4H3. The van der Waals surface area contributed by atoms with Crippen LogP contribution in [-0.2, 0) is 11.2 Å². The molecule has 1 amide bonds. The molecular formula is C26H36N2O4. The number of hydrogen-bond acceptors (Lipinski definition) is 5. The predicted octanol–water partition coefficient (Wildman–Crippen LogP) is 3.90. The van der Waals surface area contributed by atoms with Crippen LogP contribution in [0.15, 0.2) is 48.5 Å². The highest BCUT2D eigenvalue weighted by atomic mass is 16.5. The smallest absolute Gasteiger partial charge is 0.226 e. The van der Waals surface area contributed by atoms with Crippen LogP contribution in [0.5, 0.6) is 11.5 Å². The number of nitrogens with zero attached hydrogens (tertiary/aromatic N) is 2. The fourth-order valence-corrected chi connectivity index (χ4v) is 4.01. The van der Waals surface area contributed by atoms with E-state index >= 15 is 0 Å². The van der Waals surface area contributed by atoms with Crippen LogP contribution in [0.4, 0.5) is 5.69 Å². The minimum Gasteiger partial charge on any atom is -0.497 e. The zero-order valence-corrected chi connectivity index (χ0v) is 19.7. The lowest BCUT2D eigenvalue weighted by Gasteiger charge is -2.39. The summed E-state index contributed by atoms with van der Waals surface area (Å²) in [7, 11) is 3.67. The molecule has 0 spiro atoms. The van der Waals surface area contributed by atoms with Gasteiger partial charge in [0.1, 0.15) is 11.5 Å². The summed E-state index contributed by atoms with van der Waals surface area (Å²) in [6, 6.07) is 15.6. The zero-order chi connectivity index (χ0) is 23.1. The minimum absolute atomic E-state index is 0.109. The van der Waals surface area contributed by atoms with Crippen molar-refractivity contribution in [3.8, 4) is 11.5 Å². The monoisotopic (exact) mass is 440 g/mol. The molecule has 0 atom stereocenters. The average molecular weight is 441 g/mol. The normalized spacial score (nSPS) is 15.5. The summed E-state index contributed by atoms with van der Waals surface area (Å²) in [6.07, 6.45) is 2.42. The molecule has 2 aromatic rings. The molecule has 0 saturated carbocycles. The van der Waals surface area contributed by atoms with Crippen molar-refractivity contribution < 1.29 is 19.4 Å². The summed E-state index contributed by atoms with van der Waals surface area (Å²) >= 11 is 0. The number of likely N-dealkylation sites (tertiary alicyclic amines) is 1. The van der Waals surface area contributed by atoms with Crippen molar-refractivity contribution in [3.63, 3.8) is 0 Å². The molecule has 1 saturated heterocycles. The molecule has 3 rings (SSSR count). The van der Waals surface area contributed by atoms with E-state index in [1.165, 1.54) is 0 Å². The summed E-state index contributed by atoms with van der Waals surface area (Å²) in [4.78, 5) is 16.7. The molecule has 0 aliphatic carbocycles. The quantitative estimate of drug-likeness (QED) is 0.641. The Bertz CT molecular complexity index is 856. The lowest BCUT2D eigenvalue weighted by atomic mass is 9.87. The van der Waals surface area contributed by atoms with Crippen molar-refractivity contribution in [2.75, 3.05) is 38.7 Å². The first-order valence-corrected chi connectivity index (χ1v) is 11.4. The fraction of sp³-hybridized carbons (Fsp3) is 0.500. The highest BCUT2D eigenvalue weighted by molar-refractivity contribution is 5.79. The topological polar surface area (TPSA) is 62.2 Å². The molecule has 6 nitrogen and oxygen atoms in total. The number of rotatable bonds is 9. The third-order valence-corrected chi connectivity index (χ3v) is 6.12. The Morgan fingerprint density at radius 2 is 1.66 bits per heavy atom. The molecule has 0 bridgehead atoms. The molecule has 174 valence electrons. The number of ether oxygens (including phenoxy) is 2. The van der Waals surface area contributed by atoms with Gasteiger partial charge in [0.2, 0.25) is 5.91 Å². The van der Waals surface area contributed by atoms with Crippen LogP contribution >= 0.6 is 0 Å². The van der Waals surface area contributed by atoms with Gasteiger partial charge in [-0.15, -0.1) is 0 Å². The van der Waals surface area contributed by atoms with Gasteiger partial charge in [0, 0.05) is 32.4 Å². The van der Waals surface area contributed by atoms with Crippen molar-refractivity contribution >= 4 is 11.6 Å². The molecule has 1 aliphatic heterocycles. The van der Waals surface area contributed by atoms with Crippen molar-refractivity contribution in [3.05, 3.63) is 54.1 Å². The molecule has 0 unspecified atom stereocenters. The molecule has 1 fully saturated rings. The number of aliphatic hydroxyl groups is 1. The second-order valence-electron chi connectivity index (χ2n) is 8.96. The number of amides is 1. The van der Waals surface area contributed by atoms with E-state index in [2.05, 4.69) is 4.90 Å². The molecule has 1 aliphatic rings. The van der Waals surface area contributed by atoms with Gasteiger partial charge in [-0.05, 0) is 75.1 Å². The molecular weight excluding hydrogens is 404 g/mol. The van der Waals surface area contributed by atoms with E-state index in [4.69, 9.17) is 9.47 Å². The van der Waals surface area contributed by atoms with Gasteiger partial charge in [-0.2, -0.15) is 0 Å². The van der Waals surface area contributed by atoms with Gasteiger partial charge >= 0.3 is 0 Å². The van der Waals surface area contributed by atoms with Crippen molar-refractivity contribution in [2.45, 2.75) is 51.2 Å². The van der Waals surface area contributed by atoms with Gasteiger partial charge in [0.25, 0.3) is 0 Å². The van der Waals surface area contributed by atoms with Crippen LogP contribution in [0, 0.1) is 0 Å². The largest absolute Gasteiger partial charge is 0.497 e. The second-order valence-corrected chi connectivity index (χ2v) is 8.96. The Morgan fingerprint density at radius 3 is 2.22 bits per heavy atom. The van der Waals surface area contributed by atoms with Crippen LogP contribution < -0.4 is 14.4 Å². The van der Waals surface area contributed by atoms with Crippen LogP contribution in [0.25, 0.3) is 0 Å². The van der Waals surface area contributed by atoms with Gasteiger partial charge in [0.15, 0.2) is 0 Å². The molecule has 1 heterocycles. The highest BCUT2D eigenvalue weighted by Gasteiger charge is 2.33. The maximum atomic E-state index is 12.7. The molecule has 1 N–H and O–H groups in total. The first kappa shape index (κ1) is 23.9. The lowest BCUT2D eigenvalue weighted by molar-refractivity contribution is -0.134. The first-order valence-electron chi connectivity index (χ1n) is 11.4. The fourth-order valence-electron chi connectivity index (χ4n) is 4.01. The first-order chi connectivity index (χ1) is 15.3. The van der Waals surface area contributed by atoms with E-state index in [-0.39, 0.29) is 12.0 Å². The maximum absolute atomic E-state index is 12.7. The minimum atomic E-state index is -0.730. The average Bonchev–Trinajstić information content (AvgIpc) is 2.78. The van der Waals surface area contributed by atoms with Crippen LogP contribution in [0.1, 0.15) is 38.7 Å². The van der Waals surface area contributed by atoms with Crippen molar-refractivity contribution in [1.29, 1.82) is 0 Å². The molecule has 32 heavy (non-hydrogen) atoms. The summed E-state index contributed by atoms with van der Waals surface area (Å²) < 4.78 is 10.9. The van der Waals surface area contributed by atoms with Gasteiger partial charge in [0.05, 0.1) is 25.2 Å². The van der Waals surface area contributed by atoms with E-state index in [1.807, 2.05) is 74.3 Å². The zero-order valence-electron chi connectivity index (χ0n) is 19.7. The van der Waals surface area contributed by atoms with Gasteiger partial charge in [-0.25, -0.2) is 0 Å². The van der Waals surface area contributed by atoms with Crippen LogP contribution in [0.3, 0.4) is 0 Å². The summed E-state index contributed by atoms with van der Waals surface area (Å²) in [5.74, 6) is 1.76. The Labute approximate surface area is 191 Å². The van der Waals surface area contributed by atoms with E-state index < -0.39 is 5.60 Å². The lowest BCUT2D eigenvalue weighted by Crippen LogP contribution is -2.48. The summed E-state index contributed by atoms with van der Waals surface area (Å²) in [5.41, 5.74) is 1.34. The summed E-state index contributed by atoms with van der Waals surface area (Å²) in [6.45, 7) is 5.96. The Kier molecular flexibility index (Phi) is 8.02. The second kappa shape index (κ2) is 10.7. The Hall–Kier alpha value is -2.73. The van der Waals surface area contributed by atoms with Crippen molar-refractivity contribution in [1.82, 2.24) is 4.90 Å². The SMILES string of the molecule is COc1ccc(CC(=O)N2CCC(O)(CCN(C)c3ccc(OC(C)C)cc3)CC2)cc1. The van der Waals surface area contributed by atoms with Crippen molar-refractivity contribution in [2.24, 2.45) is 0 Å². The molecule has 6 heteroatoms. The van der Waals surface area contributed by atoms with E-state index in [0.717, 1.165) is 29.3 Å². The summed E-state index contributed by atoms with van der Waals surface area (Å²) in [5, 5.41) is 11.1. The predicted molar refractivity (Wildman–Crippen MR) is 128 cm³/mol. The number of benzene rings is 2. The van der Waals surface area contributed by atoms with E-state index in [1.54, 1.807) is 7.11 Å². The number of methoxy groups -OCH3 is 1. The maximum Gasteiger partial charge on any atom is 0.226 e. The third kappa shape index (κ3) is 6.63. The number of carbonyl (C=O) groups excluding carboxylic acids is 1. The van der Waals surface area contributed by atoms with E-state index in [9.17, 15) is 9.90 Å². The Morgan fingerprint density at radius 1 is 1.06 bits per heavy atom. The van der Waals surface area contributed by atoms with Gasteiger partial charge in [-0.3, -0.25) is 4.79 Å². The number of anilines is 1. The highest BCUT2D eigenvalue weighted by Crippen LogP contribution is 2.28. The third-order valence-electron chi connectivity index (χ3n) is 6.12. The number of piperidine rings is 1. The van der Waals surface area contributed by atoms with Crippen LogP contribution in [-0.4, -0.2) is 61.4 Å². The van der Waals surface area contributed by atoms with Gasteiger partial charge < -0.3 is 24.4 Å². The Balaban J connectivity index is 1.45. The number of hydrogen-bond donors (Lipinski definition) is 1. The molecule has 0 aromatic heterocycles. The molecule has 2 aromatic carbocycles.